The topological polar surface area (TPSA) is 66.4 Å². The number of benzene rings is 1. The summed E-state index contributed by atoms with van der Waals surface area (Å²) in [5.41, 5.74) is 0.587. The van der Waals surface area contributed by atoms with Crippen molar-refractivity contribution in [3.63, 3.8) is 0 Å². The van der Waals surface area contributed by atoms with Gasteiger partial charge in [0.05, 0.1) is 12.0 Å². The minimum atomic E-state index is -0.922. The van der Waals surface area contributed by atoms with E-state index in [1.54, 1.807) is 13.0 Å². The quantitative estimate of drug-likeness (QED) is 0.422. The second-order valence-corrected chi connectivity index (χ2v) is 7.21. The molecular formula is C11H10I3NO3. The van der Waals surface area contributed by atoms with Crippen molar-refractivity contribution in [1.82, 2.24) is 5.32 Å². The van der Waals surface area contributed by atoms with Crippen LogP contribution in [0.25, 0.3) is 0 Å². The van der Waals surface area contributed by atoms with Gasteiger partial charge >= 0.3 is 5.97 Å². The zero-order valence-corrected chi connectivity index (χ0v) is 15.8. The Kier molecular flexibility index (Phi) is 6.58. The summed E-state index contributed by atoms with van der Waals surface area (Å²) in [5.74, 6) is -1.15. The minimum Gasteiger partial charge on any atom is -0.481 e. The largest absolute Gasteiger partial charge is 0.481 e. The van der Waals surface area contributed by atoms with Crippen LogP contribution < -0.4 is 5.32 Å². The molecule has 1 rings (SSSR count). The molecule has 0 aromatic heterocycles. The van der Waals surface area contributed by atoms with Gasteiger partial charge in [-0.25, -0.2) is 0 Å². The molecule has 2 N–H and O–H groups in total. The Morgan fingerprint density at radius 3 is 2.50 bits per heavy atom. The van der Waals surface area contributed by atoms with Crippen LogP contribution in [0.5, 0.6) is 0 Å². The highest BCUT2D eigenvalue weighted by atomic mass is 127. The highest BCUT2D eigenvalue weighted by molar-refractivity contribution is 14.1. The fourth-order valence-electron chi connectivity index (χ4n) is 1.34. The summed E-state index contributed by atoms with van der Waals surface area (Å²) in [6.45, 7) is 1.68. The van der Waals surface area contributed by atoms with Crippen molar-refractivity contribution in [2.24, 2.45) is 0 Å². The average Bonchev–Trinajstić information content (AvgIpc) is 2.21. The number of carbonyl (C=O) groups excluding carboxylic acids is 1. The predicted molar refractivity (Wildman–Crippen MR) is 93.8 cm³/mol. The molecule has 98 valence electrons. The van der Waals surface area contributed by atoms with Gasteiger partial charge in [-0.05, 0) is 86.8 Å². The van der Waals surface area contributed by atoms with E-state index in [1.807, 2.05) is 6.07 Å². The Bertz CT molecular complexity index is 491. The molecule has 1 aromatic carbocycles. The number of carbonyl (C=O) groups is 2. The number of hydrogen-bond acceptors (Lipinski definition) is 2. The molecule has 7 heteroatoms. The summed E-state index contributed by atoms with van der Waals surface area (Å²) in [7, 11) is 0. The minimum absolute atomic E-state index is 0.0800. The molecule has 0 bridgehead atoms. The summed E-state index contributed by atoms with van der Waals surface area (Å²) < 4.78 is 2.87. The monoisotopic (exact) mass is 585 g/mol. The first-order valence-electron chi connectivity index (χ1n) is 4.98. The van der Waals surface area contributed by atoms with E-state index < -0.39 is 5.97 Å². The molecule has 0 radical (unpaired) electrons. The number of aliphatic carboxylic acids is 1. The number of nitrogens with one attached hydrogen (secondary N) is 1. The summed E-state index contributed by atoms with van der Waals surface area (Å²) >= 11 is 6.45. The molecule has 1 unspecified atom stereocenters. The third-order valence-corrected chi connectivity index (χ3v) is 5.76. The van der Waals surface area contributed by atoms with E-state index in [0.717, 1.165) is 10.7 Å². The standard InChI is InChI=1S/C11H10I3NO3/c1-5(2-9(16)17)15-11(18)7-3-6(12)4-8(13)10(7)14/h3-5H,2H2,1H3,(H,15,18)(H,16,17). The molecule has 0 aliphatic carbocycles. The molecule has 1 atom stereocenters. The molecule has 0 spiro atoms. The third kappa shape index (κ3) is 4.79. The van der Waals surface area contributed by atoms with Crippen molar-refractivity contribution in [2.75, 3.05) is 0 Å². The van der Waals surface area contributed by atoms with Gasteiger partial charge in [-0.15, -0.1) is 0 Å². The van der Waals surface area contributed by atoms with E-state index in [-0.39, 0.29) is 18.4 Å². The Morgan fingerprint density at radius 1 is 1.33 bits per heavy atom. The molecule has 1 aromatic rings. The lowest BCUT2D eigenvalue weighted by Crippen LogP contribution is -2.34. The van der Waals surface area contributed by atoms with Crippen LogP contribution in [0.2, 0.25) is 0 Å². The van der Waals surface area contributed by atoms with Crippen LogP contribution in [0.15, 0.2) is 12.1 Å². The molecule has 0 fully saturated rings. The fraction of sp³-hybridized carbons (Fsp3) is 0.273. The highest BCUT2D eigenvalue weighted by Gasteiger charge is 2.16. The molecule has 0 aliphatic heterocycles. The van der Waals surface area contributed by atoms with E-state index in [0.29, 0.717) is 5.56 Å². The molecular weight excluding hydrogens is 575 g/mol. The van der Waals surface area contributed by atoms with Crippen LogP contribution in [0, 0.1) is 10.7 Å². The maximum absolute atomic E-state index is 12.0. The van der Waals surface area contributed by atoms with Crippen molar-refractivity contribution < 1.29 is 14.7 Å². The number of rotatable bonds is 4. The van der Waals surface area contributed by atoms with Crippen molar-refractivity contribution in [3.05, 3.63) is 28.4 Å². The van der Waals surface area contributed by atoms with Crippen LogP contribution in [-0.4, -0.2) is 23.0 Å². The predicted octanol–water partition coefficient (Wildman–Crippen LogP) is 3.09. The molecule has 0 saturated heterocycles. The molecule has 1 amide bonds. The van der Waals surface area contributed by atoms with E-state index in [4.69, 9.17) is 5.11 Å². The number of carboxylic acids is 1. The number of amides is 1. The Balaban J connectivity index is 2.88. The van der Waals surface area contributed by atoms with Gasteiger partial charge in [-0.2, -0.15) is 0 Å². The van der Waals surface area contributed by atoms with Crippen molar-refractivity contribution >= 4 is 79.6 Å². The first kappa shape index (κ1) is 16.4. The molecule has 0 heterocycles. The smallest absolute Gasteiger partial charge is 0.305 e. The van der Waals surface area contributed by atoms with Crippen molar-refractivity contribution in [3.8, 4) is 0 Å². The van der Waals surface area contributed by atoms with E-state index in [2.05, 4.69) is 73.1 Å². The van der Waals surface area contributed by atoms with Crippen LogP contribution in [0.4, 0.5) is 0 Å². The maximum Gasteiger partial charge on any atom is 0.305 e. The molecule has 0 aliphatic rings. The summed E-state index contributed by atoms with van der Waals surface area (Å²) in [6, 6.07) is 3.40. The van der Waals surface area contributed by atoms with Gasteiger partial charge in [0.15, 0.2) is 0 Å². The second-order valence-electron chi connectivity index (χ2n) is 3.72. The number of carboxylic acid groups (broad SMARTS) is 1. The van der Waals surface area contributed by atoms with Gasteiger partial charge in [0, 0.05) is 16.8 Å². The molecule has 18 heavy (non-hydrogen) atoms. The van der Waals surface area contributed by atoms with E-state index in [1.165, 1.54) is 0 Å². The zero-order valence-electron chi connectivity index (χ0n) is 9.34. The highest BCUT2D eigenvalue weighted by Crippen LogP contribution is 2.22. The number of hydrogen-bond donors (Lipinski definition) is 2. The lowest BCUT2D eigenvalue weighted by molar-refractivity contribution is -0.137. The zero-order chi connectivity index (χ0) is 13.9. The van der Waals surface area contributed by atoms with Crippen LogP contribution in [0.3, 0.4) is 0 Å². The Labute approximate surface area is 146 Å². The Morgan fingerprint density at radius 2 is 1.94 bits per heavy atom. The van der Waals surface area contributed by atoms with Gasteiger partial charge in [0.1, 0.15) is 0 Å². The van der Waals surface area contributed by atoms with Gasteiger partial charge in [0.25, 0.3) is 5.91 Å². The van der Waals surface area contributed by atoms with E-state index in [9.17, 15) is 9.59 Å². The second kappa shape index (κ2) is 7.22. The average molecular weight is 585 g/mol. The van der Waals surface area contributed by atoms with Gasteiger partial charge < -0.3 is 10.4 Å². The van der Waals surface area contributed by atoms with Gasteiger partial charge in [0.2, 0.25) is 0 Å². The van der Waals surface area contributed by atoms with Gasteiger partial charge in [-0.1, -0.05) is 0 Å². The SMILES string of the molecule is CC(CC(=O)O)NC(=O)c1cc(I)cc(I)c1I. The van der Waals surface area contributed by atoms with Gasteiger partial charge in [-0.3, -0.25) is 9.59 Å². The number of halogens is 3. The molecule has 0 saturated carbocycles. The van der Waals surface area contributed by atoms with Crippen LogP contribution >= 0.6 is 67.8 Å². The lowest BCUT2D eigenvalue weighted by Gasteiger charge is -2.13. The van der Waals surface area contributed by atoms with E-state index >= 15 is 0 Å². The lowest BCUT2D eigenvalue weighted by atomic mass is 10.2. The Hall–Kier alpha value is 0.350. The fourth-order valence-corrected chi connectivity index (χ4v) is 3.74. The van der Waals surface area contributed by atoms with Crippen LogP contribution in [0.1, 0.15) is 23.7 Å². The maximum atomic E-state index is 12.0. The van der Waals surface area contributed by atoms with Crippen molar-refractivity contribution in [1.29, 1.82) is 0 Å². The first-order valence-corrected chi connectivity index (χ1v) is 8.22. The summed E-state index contributed by atoms with van der Waals surface area (Å²) in [6.07, 6.45) is -0.0800. The molecule has 4 nitrogen and oxygen atoms in total. The van der Waals surface area contributed by atoms with Crippen molar-refractivity contribution in [2.45, 2.75) is 19.4 Å². The first-order chi connectivity index (χ1) is 8.31. The third-order valence-electron chi connectivity index (χ3n) is 2.10. The normalized spacial score (nSPS) is 12.0. The van der Waals surface area contributed by atoms with Crippen LogP contribution in [-0.2, 0) is 4.79 Å². The summed E-state index contributed by atoms with van der Waals surface area (Å²) in [5, 5.41) is 11.3. The summed E-state index contributed by atoms with van der Waals surface area (Å²) in [4.78, 5) is 22.6.